The van der Waals surface area contributed by atoms with E-state index in [2.05, 4.69) is 30.9 Å². The second kappa shape index (κ2) is 19.9. The summed E-state index contributed by atoms with van der Waals surface area (Å²) >= 11 is 0. The van der Waals surface area contributed by atoms with Crippen LogP contribution in [0.2, 0.25) is 0 Å². The van der Waals surface area contributed by atoms with Gasteiger partial charge in [-0.1, -0.05) is 75.2 Å². The predicted molar refractivity (Wildman–Crippen MR) is 233 cm³/mol. The number of allylic oxidation sites excluding steroid dienone is 3. The van der Waals surface area contributed by atoms with Crippen molar-refractivity contribution >= 4 is 11.7 Å². The van der Waals surface area contributed by atoms with Crippen LogP contribution in [0.4, 0.5) is 0 Å². The minimum atomic E-state index is -0.254. The molecule has 0 spiro atoms. The number of benzene rings is 2. The van der Waals surface area contributed by atoms with E-state index in [1.54, 1.807) is 12.1 Å². The second-order valence-electron chi connectivity index (χ2n) is 18.3. The quantitative estimate of drug-likeness (QED) is 0.0416. The van der Waals surface area contributed by atoms with Crippen LogP contribution >= 0.6 is 0 Å². The summed E-state index contributed by atoms with van der Waals surface area (Å²) in [5.74, 6) is 8.20. The van der Waals surface area contributed by atoms with Crippen LogP contribution in [0.25, 0.3) is 0 Å². The van der Waals surface area contributed by atoms with Crippen LogP contribution in [0.15, 0.2) is 58.6 Å². The topological polar surface area (TPSA) is 161 Å². The number of guanidine groups is 1. The Balaban J connectivity index is 1.43. The molecule has 7 atom stereocenters. The Labute approximate surface area is 351 Å². The molecule has 7 N–H and O–H groups in total. The minimum Gasteiger partial charge on any atom is -0.508 e. The molecule has 0 heterocycles. The SMILES string of the molecule is CCCC(=CC(=O)CCc1cc(OC2CCCC2)c(O)c2c1C#CCC(N=C(N)N)CC1C=C3C(c4cccc(O)c4)CC(C)CC3C2C1COC1CCCCC1)CO. The molecule has 0 radical (unpaired) electrons. The maximum atomic E-state index is 13.5. The first-order valence-electron chi connectivity index (χ1n) is 22.7. The van der Waals surface area contributed by atoms with Gasteiger partial charge in [0.2, 0.25) is 0 Å². The number of aryl methyl sites for hydroxylation is 1. The number of phenolic OH excluding ortho intramolecular Hbond substituents is 2. The predicted octanol–water partition coefficient (Wildman–Crippen LogP) is 8.86. The first-order chi connectivity index (χ1) is 28.6. The van der Waals surface area contributed by atoms with Crippen LogP contribution in [0, 0.1) is 35.5 Å². The highest BCUT2D eigenvalue weighted by molar-refractivity contribution is 5.90. The minimum absolute atomic E-state index is 0.00770. The summed E-state index contributed by atoms with van der Waals surface area (Å²) in [6, 6.07) is 9.39. The number of nitrogens with zero attached hydrogens (tertiary/aromatic N) is 1. The number of hydrogen-bond donors (Lipinski definition) is 5. The summed E-state index contributed by atoms with van der Waals surface area (Å²) in [6.45, 7) is 4.76. The van der Waals surface area contributed by atoms with Crippen molar-refractivity contribution < 1.29 is 29.6 Å². The molecule has 0 amide bonds. The number of ether oxygens (including phenoxy) is 2. The van der Waals surface area contributed by atoms with Gasteiger partial charge in [0, 0.05) is 35.8 Å². The number of aliphatic hydroxyl groups is 1. The van der Waals surface area contributed by atoms with Crippen molar-refractivity contribution in [3.63, 3.8) is 0 Å². The number of carbonyl (C=O) groups excluding carboxylic acids is 1. The van der Waals surface area contributed by atoms with E-state index in [9.17, 15) is 20.1 Å². The first-order valence-corrected chi connectivity index (χ1v) is 22.7. The Morgan fingerprint density at radius 1 is 0.983 bits per heavy atom. The van der Waals surface area contributed by atoms with E-state index in [1.165, 1.54) is 24.8 Å². The molecule has 3 saturated carbocycles. The normalized spacial score (nSPS) is 27.4. The fourth-order valence-electron chi connectivity index (χ4n) is 11.1. The van der Waals surface area contributed by atoms with Gasteiger partial charge in [-0.2, -0.15) is 0 Å². The Hall–Kier alpha value is -4.26. The maximum Gasteiger partial charge on any atom is 0.186 e. The second-order valence-corrected chi connectivity index (χ2v) is 18.3. The van der Waals surface area contributed by atoms with Gasteiger partial charge in [0.15, 0.2) is 23.2 Å². The molecule has 7 unspecified atom stereocenters. The molecular formula is C50H67N3O6. The molecule has 2 bridgehead atoms. The van der Waals surface area contributed by atoms with E-state index >= 15 is 0 Å². The summed E-state index contributed by atoms with van der Waals surface area (Å²) in [6.07, 6.45) is 19.2. The van der Waals surface area contributed by atoms with Crippen molar-refractivity contribution in [2.24, 2.45) is 40.1 Å². The number of rotatable bonds is 14. The van der Waals surface area contributed by atoms with E-state index in [1.807, 2.05) is 25.1 Å². The van der Waals surface area contributed by atoms with Gasteiger partial charge in [0.25, 0.3) is 0 Å². The van der Waals surface area contributed by atoms with Crippen molar-refractivity contribution in [3.8, 4) is 29.1 Å². The van der Waals surface area contributed by atoms with Crippen LogP contribution in [-0.4, -0.2) is 58.5 Å². The molecule has 9 nitrogen and oxygen atoms in total. The number of carbonyl (C=O) groups is 1. The Morgan fingerprint density at radius 3 is 2.47 bits per heavy atom. The lowest BCUT2D eigenvalue weighted by molar-refractivity contribution is -0.114. The Kier molecular flexibility index (Phi) is 14.4. The fourth-order valence-corrected chi connectivity index (χ4v) is 11.1. The molecule has 2 aromatic carbocycles. The third-order valence-corrected chi connectivity index (χ3v) is 13.8. The summed E-state index contributed by atoms with van der Waals surface area (Å²) in [4.78, 5) is 18.3. The lowest BCUT2D eigenvalue weighted by Gasteiger charge is -2.50. The van der Waals surface area contributed by atoms with Crippen LogP contribution in [-0.2, 0) is 16.0 Å². The highest BCUT2D eigenvalue weighted by Gasteiger charge is 2.49. The smallest absolute Gasteiger partial charge is 0.186 e. The number of aliphatic hydroxyl groups excluding tert-OH is 1. The lowest BCUT2D eigenvalue weighted by atomic mass is 9.55. The largest absolute Gasteiger partial charge is 0.508 e. The van der Waals surface area contributed by atoms with Crippen molar-refractivity contribution in [2.45, 2.75) is 153 Å². The number of hydrogen-bond acceptors (Lipinski definition) is 7. The summed E-state index contributed by atoms with van der Waals surface area (Å²) < 4.78 is 13.7. The number of fused-ring (bicyclic) bond motifs is 6. The lowest BCUT2D eigenvalue weighted by Crippen LogP contribution is -2.42. The van der Waals surface area contributed by atoms with Gasteiger partial charge < -0.3 is 36.3 Å². The zero-order valence-electron chi connectivity index (χ0n) is 35.3. The summed E-state index contributed by atoms with van der Waals surface area (Å²) in [5.41, 5.74) is 17.8. The molecule has 7 rings (SSSR count). The van der Waals surface area contributed by atoms with E-state index in [0.29, 0.717) is 44.0 Å². The average Bonchev–Trinajstić information content (AvgIpc) is 3.73. The highest BCUT2D eigenvalue weighted by atomic mass is 16.5. The zero-order chi connectivity index (χ0) is 41.5. The van der Waals surface area contributed by atoms with Crippen LogP contribution < -0.4 is 16.2 Å². The van der Waals surface area contributed by atoms with Crippen LogP contribution in [0.3, 0.4) is 0 Å². The van der Waals surface area contributed by atoms with E-state index in [-0.39, 0.29) is 84.1 Å². The highest BCUT2D eigenvalue weighted by Crippen LogP contribution is 2.59. The van der Waals surface area contributed by atoms with Gasteiger partial charge in [-0.3, -0.25) is 4.79 Å². The van der Waals surface area contributed by atoms with Crippen molar-refractivity contribution in [1.29, 1.82) is 0 Å². The monoisotopic (exact) mass is 806 g/mol. The Bertz CT molecular complexity index is 1940. The van der Waals surface area contributed by atoms with Crippen molar-refractivity contribution in [3.05, 3.63) is 75.9 Å². The van der Waals surface area contributed by atoms with Gasteiger partial charge in [0.05, 0.1) is 31.5 Å². The Morgan fingerprint density at radius 2 is 1.75 bits per heavy atom. The fraction of sp³-hybridized carbons (Fsp3) is 0.600. The molecule has 5 aliphatic rings. The molecule has 0 aromatic heterocycles. The molecule has 9 heteroatoms. The molecular weight excluding hydrogens is 739 g/mol. The van der Waals surface area contributed by atoms with E-state index in [0.717, 1.165) is 85.6 Å². The van der Waals surface area contributed by atoms with Gasteiger partial charge in [-0.05, 0) is 135 Å². The average molecular weight is 806 g/mol. The molecule has 0 saturated heterocycles. The third kappa shape index (κ3) is 10.4. The molecule has 2 aromatic rings. The molecule has 318 valence electrons. The van der Waals surface area contributed by atoms with Crippen molar-refractivity contribution in [2.75, 3.05) is 13.2 Å². The van der Waals surface area contributed by atoms with Crippen LogP contribution in [0.1, 0.15) is 151 Å². The summed E-state index contributed by atoms with van der Waals surface area (Å²) in [5, 5.41) is 33.5. The number of phenols is 2. The molecule has 5 aliphatic carbocycles. The van der Waals surface area contributed by atoms with Crippen LogP contribution in [0.5, 0.6) is 17.2 Å². The first kappa shape index (κ1) is 42.8. The zero-order valence-corrected chi connectivity index (χ0v) is 35.3. The van der Waals surface area contributed by atoms with Gasteiger partial charge >= 0.3 is 0 Å². The number of aliphatic imine (C=N–C) groups is 1. The molecule has 0 aliphatic heterocycles. The molecule has 59 heavy (non-hydrogen) atoms. The van der Waals surface area contributed by atoms with Gasteiger partial charge in [-0.15, -0.1) is 0 Å². The van der Waals surface area contributed by atoms with Crippen molar-refractivity contribution in [1.82, 2.24) is 0 Å². The number of ketones is 1. The summed E-state index contributed by atoms with van der Waals surface area (Å²) in [7, 11) is 0. The standard InChI is InChI=1S/C50H67N3O6/c1-3-11-32(29-54)24-38(56)21-20-34-28-46(59-40-17-7-8-18-40)49(57)48-41(34)19-10-13-36(53-50(51)52)25-35-27-43-42(33-12-9-14-37(55)26-33)22-31(2)23-44(43)47(48)45(35)30-58-39-15-5-4-6-16-39/h9,12,14,24,26-28,31,35-36,39-40,42,44-45,47,54-55,57H,3-8,11,13,15-18,20-23,25,29-30H2,1-2H3,(H4,51,52,53). The van der Waals surface area contributed by atoms with Gasteiger partial charge in [0.1, 0.15) is 5.75 Å². The molecule has 3 fully saturated rings. The van der Waals surface area contributed by atoms with E-state index < -0.39 is 0 Å². The maximum absolute atomic E-state index is 13.5. The van der Waals surface area contributed by atoms with E-state index in [4.69, 9.17) is 25.9 Å². The number of aromatic hydroxyl groups is 2. The van der Waals surface area contributed by atoms with Gasteiger partial charge in [-0.25, -0.2) is 4.99 Å². The third-order valence-electron chi connectivity index (χ3n) is 13.8. The number of nitrogens with two attached hydrogens (primary N) is 2.